The number of ether oxygens (including phenoxy) is 1. The van der Waals surface area contributed by atoms with Crippen molar-refractivity contribution >= 4 is 34.6 Å². The molecule has 3 fully saturated rings. The zero-order valence-corrected chi connectivity index (χ0v) is 26.9. The lowest BCUT2D eigenvalue weighted by molar-refractivity contribution is -0.142. The summed E-state index contributed by atoms with van der Waals surface area (Å²) in [4.78, 5) is 46.3. The number of aryl methyl sites for hydroxylation is 1. The van der Waals surface area contributed by atoms with Crippen molar-refractivity contribution in [2.45, 2.75) is 63.5 Å². The van der Waals surface area contributed by atoms with Gasteiger partial charge < -0.3 is 30.1 Å². The second kappa shape index (κ2) is 12.6. The highest BCUT2D eigenvalue weighted by Gasteiger charge is 2.44. The molecule has 0 bridgehead atoms. The Balaban J connectivity index is 1.05. The van der Waals surface area contributed by atoms with Gasteiger partial charge in [-0.25, -0.2) is 9.59 Å². The topological polar surface area (TPSA) is 123 Å². The van der Waals surface area contributed by atoms with Gasteiger partial charge in [-0.3, -0.25) is 9.89 Å². The molecule has 3 N–H and O–H groups in total. The van der Waals surface area contributed by atoms with Crippen LogP contribution < -0.4 is 10.6 Å². The molecule has 4 aliphatic heterocycles. The van der Waals surface area contributed by atoms with E-state index >= 15 is 0 Å². The number of nitrogens with one attached hydrogen (secondary N) is 3. The maximum absolute atomic E-state index is 14.1. The number of rotatable bonds is 5. The monoisotopic (exact) mass is 627 g/mol. The largest absolute Gasteiger partial charge is 0.436 e. The van der Waals surface area contributed by atoms with E-state index in [2.05, 4.69) is 32.8 Å². The third-order valence-electron chi connectivity index (χ3n) is 10.9. The number of hydrogen-bond acceptors (Lipinski definition) is 6. The van der Waals surface area contributed by atoms with Crippen molar-refractivity contribution in [2.75, 3.05) is 51.6 Å². The molecule has 1 spiro atoms. The van der Waals surface area contributed by atoms with Crippen LogP contribution in [-0.4, -0.2) is 95.3 Å². The molecule has 0 radical (unpaired) electrons. The highest BCUT2D eigenvalue weighted by molar-refractivity contribution is 5.94. The molecule has 1 aromatic heterocycles. The average Bonchev–Trinajstić information content (AvgIpc) is 3.54. The number of para-hydroxylation sites is 1. The summed E-state index contributed by atoms with van der Waals surface area (Å²) in [5, 5.41) is 14.2. The van der Waals surface area contributed by atoms with Crippen LogP contribution in [0, 0.1) is 18.8 Å². The Hall–Kier alpha value is -4.12. The first-order valence-corrected chi connectivity index (χ1v) is 16.8. The minimum atomic E-state index is -0.925. The van der Waals surface area contributed by atoms with Gasteiger partial charge in [0.05, 0.1) is 17.3 Å². The Morgan fingerprint density at radius 3 is 2.41 bits per heavy atom. The zero-order valence-electron chi connectivity index (χ0n) is 26.9. The summed E-state index contributed by atoms with van der Waals surface area (Å²) in [6, 6.07) is 11.6. The predicted octanol–water partition coefficient (Wildman–Crippen LogP) is 4.63. The van der Waals surface area contributed by atoms with Crippen molar-refractivity contribution in [2.24, 2.45) is 11.8 Å². The minimum absolute atomic E-state index is 0.117. The van der Waals surface area contributed by atoms with Gasteiger partial charge in [-0.2, -0.15) is 5.10 Å². The summed E-state index contributed by atoms with van der Waals surface area (Å²) in [7, 11) is 2.19. The van der Waals surface area contributed by atoms with Crippen molar-refractivity contribution < 1.29 is 19.1 Å². The number of anilines is 1. The normalized spacial score (nSPS) is 21.5. The highest BCUT2D eigenvalue weighted by Crippen LogP contribution is 2.40. The van der Waals surface area contributed by atoms with E-state index in [4.69, 9.17) is 4.74 Å². The molecule has 244 valence electrons. The molecule has 1 atom stereocenters. The molecule has 1 unspecified atom stereocenters. The van der Waals surface area contributed by atoms with Crippen molar-refractivity contribution in [3.63, 3.8) is 0 Å². The van der Waals surface area contributed by atoms with Crippen LogP contribution in [0.1, 0.15) is 55.2 Å². The number of amides is 4. The van der Waals surface area contributed by atoms with Crippen molar-refractivity contribution in [1.82, 2.24) is 30.2 Å². The lowest BCUT2D eigenvalue weighted by atomic mass is 9.79. The number of aromatic amines is 1. The second-order valence-electron chi connectivity index (χ2n) is 13.8. The van der Waals surface area contributed by atoms with Gasteiger partial charge in [-0.1, -0.05) is 24.3 Å². The van der Waals surface area contributed by atoms with E-state index in [1.165, 1.54) is 12.8 Å². The van der Waals surface area contributed by atoms with Gasteiger partial charge in [-0.05, 0) is 101 Å². The molecular weight excluding hydrogens is 582 g/mol. The molecule has 5 heterocycles. The van der Waals surface area contributed by atoms with Crippen LogP contribution in [0.5, 0.6) is 0 Å². The van der Waals surface area contributed by atoms with Crippen molar-refractivity contribution in [3.05, 3.63) is 59.3 Å². The van der Waals surface area contributed by atoms with Crippen molar-refractivity contribution in [1.29, 1.82) is 0 Å². The fraction of sp³-hybridized carbons (Fsp3) is 0.543. The molecule has 46 heavy (non-hydrogen) atoms. The second-order valence-corrected chi connectivity index (χ2v) is 13.8. The number of aromatic nitrogens is 2. The van der Waals surface area contributed by atoms with E-state index in [1.807, 2.05) is 48.2 Å². The molecule has 11 heteroatoms. The standard InChI is InChI=1S/C35H45N7O4/c1-23-19-24(20-27-22-36-39-31(23)27)21-30(32(43)41-15-9-26(10-16-41)25-7-13-40(2)14-8-25)46-34(45)42-17-11-35(12-18-42)28-5-3-4-6-29(28)37-33(44)38-35/h3-6,19-20,22,25-26,30H,7-18,21H2,1-2H3,(H,36,39)(H2,37,38,44). The Bertz CT molecular complexity index is 1600. The number of benzene rings is 2. The average molecular weight is 628 g/mol. The molecule has 4 aliphatic rings. The maximum Gasteiger partial charge on any atom is 0.410 e. The summed E-state index contributed by atoms with van der Waals surface area (Å²) in [5.41, 5.74) is 4.23. The lowest BCUT2D eigenvalue weighted by Crippen LogP contribution is -2.58. The molecule has 2 aromatic carbocycles. The van der Waals surface area contributed by atoms with E-state index in [0.29, 0.717) is 51.4 Å². The van der Waals surface area contributed by atoms with E-state index in [1.54, 1.807) is 11.1 Å². The molecule has 7 rings (SSSR count). The van der Waals surface area contributed by atoms with Gasteiger partial charge in [0.15, 0.2) is 6.10 Å². The molecule has 4 amide bonds. The van der Waals surface area contributed by atoms with Crippen LogP contribution >= 0.6 is 0 Å². The number of likely N-dealkylation sites (tertiary alicyclic amines) is 3. The lowest BCUT2D eigenvalue weighted by Gasteiger charge is -2.45. The summed E-state index contributed by atoms with van der Waals surface area (Å²) in [5.74, 6) is 1.25. The molecule has 3 aromatic rings. The van der Waals surface area contributed by atoms with Crippen LogP contribution in [0.15, 0.2) is 42.6 Å². The number of fused-ring (bicyclic) bond motifs is 3. The number of piperidine rings is 3. The number of carbonyl (C=O) groups excluding carboxylic acids is 3. The molecular formula is C35H45N7O4. The number of H-pyrrole nitrogens is 1. The predicted molar refractivity (Wildman–Crippen MR) is 175 cm³/mol. The fourth-order valence-electron chi connectivity index (χ4n) is 8.23. The first-order chi connectivity index (χ1) is 22.3. The van der Waals surface area contributed by atoms with Gasteiger partial charge in [0, 0.05) is 49.2 Å². The van der Waals surface area contributed by atoms with Gasteiger partial charge in [-0.15, -0.1) is 0 Å². The Labute approximate surface area is 270 Å². The van der Waals surface area contributed by atoms with E-state index in [9.17, 15) is 14.4 Å². The van der Waals surface area contributed by atoms with Crippen LogP contribution in [0.3, 0.4) is 0 Å². The van der Waals surface area contributed by atoms with Crippen LogP contribution in [0.25, 0.3) is 10.9 Å². The minimum Gasteiger partial charge on any atom is -0.436 e. The van der Waals surface area contributed by atoms with E-state index in [0.717, 1.165) is 65.1 Å². The number of nitrogens with zero attached hydrogens (tertiary/aromatic N) is 4. The quantitative estimate of drug-likeness (QED) is 0.379. The van der Waals surface area contributed by atoms with E-state index < -0.39 is 17.7 Å². The molecule has 11 nitrogen and oxygen atoms in total. The number of hydrogen-bond donors (Lipinski definition) is 3. The Morgan fingerprint density at radius 2 is 1.67 bits per heavy atom. The first-order valence-electron chi connectivity index (χ1n) is 16.8. The van der Waals surface area contributed by atoms with Gasteiger partial charge in [0.1, 0.15) is 0 Å². The third-order valence-corrected chi connectivity index (χ3v) is 10.9. The van der Waals surface area contributed by atoms with Gasteiger partial charge >= 0.3 is 12.1 Å². The molecule has 0 saturated carbocycles. The Kier molecular flexibility index (Phi) is 8.35. The molecule has 3 saturated heterocycles. The molecule has 0 aliphatic carbocycles. The SMILES string of the molecule is Cc1cc(CC(OC(=O)N2CCC3(CC2)NC(=O)Nc2ccccc23)C(=O)N2CCC(C3CCN(C)CC3)CC2)cc2cn[nH]c12. The maximum atomic E-state index is 14.1. The van der Waals surface area contributed by atoms with Crippen LogP contribution in [-0.2, 0) is 21.5 Å². The summed E-state index contributed by atoms with van der Waals surface area (Å²) < 4.78 is 6.13. The van der Waals surface area contributed by atoms with Crippen LogP contribution in [0.4, 0.5) is 15.3 Å². The van der Waals surface area contributed by atoms with Gasteiger partial charge in [0.25, 0.3) is 5.91 Å². The summed E-state index contributed by atoms with van der Waals surface area (Å²) in [6.07, 6.45) is 6.25. The summed E-state index contributed by atoms with van der Waals surface area (Å²) >= 11 is 0. The fourth-order valence-corrected chi connectivity index (χ4v) is 8.23. The first kappa shape index (κ1) is 30.5. The zero-order chi connectivity index (χ0) is 31.8. The smallest absolute Gasteiger partial charge is 0.410 e. The Morgan fingerprint density at radius 1 is 0.978 bits per heavy atom. The highest BCUT2D eigenvalue weighted by atomic mass is 16.6. The van der Waals surface area contributed by atoms with Gasteiger partial charge in [0.2, 0.25) is 0 Å². The van der Waals surface area contributed by atoms with E-state index in [-0.39, 0.29) is 11.9 Å². The van der Waals surface area contributed by atoms with Crippen molar-refractivity contribution in [3.8, 4) is 0 Å². The third kappa shape index (κ3) is 6.04. The van der Waals surface area contributed by atoms with Crippen LogP contribution in [0.2, 0.25) is 0 Å². The number of urea groups is 1. The number of carbonyl (C=O) groups is 3. The summed E-state index contributed by atoms with van der Waals surface area (Å²) in [6.45, 7) is 6.53.